The van der Waals surface area contributed by atoms with Crippen molar-refractivity contribution in [3.05, 3.63) is 59.7 Å². The second-order valence-electron chi connectivity index (χ2n) is 22.5. The summed E-state index contributed by atoms with van der Waals surface area (Å²) in [6, 6.07) is 12.9. The number of rotatable bonds is 8. The topological polar surface area (TPSA) is 222 Å². The van der Waals surface area contributed by atoms with Crippen LogP contribution in [0.4, 0.5) is 14.4 Å². The van der Waals surface area contributed by atoms with E-state index in [4.69, 9.17) is 38.5 Å². The molecule has 2 aromatic rings. The molecule has 4 saturated heterocycles. The number of hydrogen-bond donors (Lipinski definition) is 1. The maximum atomic E-state index is 12.4. The van der Waals surface area contributed by atoms with Gasteiger partial charge in [0.15, 0.2) is 0 Å². The van der Waals surface area contributed by atoms with Gasteiger partial charge in [-0.15, -0.1) is 0 Å². The van der Waals surface area contributed by atoms with Gasteiger partial charge in [-0.1, -0.05) is 35.4 Å². The number of benzene rings is 2. The predicted octanol–water partition coefficient (Wildman–Crippen LogP) is 7.05. The largest absolute Gasteiger partial charge is 1.00 e. The first-order valence-corrected chi connectivity index (χ1v) is 29.0. The Balaban J connectivity index is 0. The van der Waals surface area contributed by atoms with Crippen LogP contribution in [0.15, 0.2) is 58.3 Å². The molecule has 4 heterocycles. The summed E-state index contributed by atoms with van der Waals surface area (Å²) < 4.78 is 77.5. The molecule has 23 heteroatoms. The molecule has 0 unspecified atom stereocenters. The van der Waals surface area contributed by atoms with Crippen LogP contribution >= 0.6 is 10.7 Å². The minimum atomic E-state index is -3.87. The van der Waals surface area contributed by atoms with Crippen molar-refractivity contribution in [1.82, 2.24) is 14.7 Å². The van der Waals surface area contributed by atoms with E-state index in [1.807, 2.05) is 69.2 Å². The molecule has 3 radical (unpaired) electrons. The first kappa shape index (κ1) is 72.5. The van der Waals surface area contributed by atoms with Gasteiger partial charge in [-0.3, -0.25) is 9.08 Å². The van der Waals surface area contributed by atoms with Crippen molar-refractivity contribution >= 4 is 62.5 Å². The van der Waals surface area contributed by atoms with Crippen molar-refractivity contribution in [2.24, 2.45) is 0 Å². The van der Waals surface area contributed by atoms with E-state index in [2.05, 4.69) is 0 Å². The van der Waals surface area contributed by atoms with E-state index in [-0.39, 0.29) is 63.8 Å². The number of aryl methyl sites for hydroxylation is 2. The van der Waals surface area contributed by atoms with Crippen LogP contribution in [0.3, 0.4) is 0 Å². The Morgan fingerprint density at radius 2 is 1.00 bits per heavy atom. The van der Waals surface area contributed by atoms with Crippen molar-refractivity contribution in [3.63, 3.8) is 0 Å². The average Bonchev–Trinajstić information content (AvgIpc) is 4.12. The molecule has 3 amide bonds. The van der Waals surface area contributed by atoms with Gasteiger partial charge in [-0.2, -0.15) is 8.42 Å². The molecule has 0 saturated carbocycles. The molecule has 3 atom stereocenters. The number of nitrogens with zero attached hydrogens (tertiary/aromatic N) is 3. The first-order chi connectivity index (χ1) is 33.9. The summed E-state index contributed by atoms with van der Waals surface area (Å²) >= 11 is 0. The second kappa shape index (κ2) is 30.7. The zero-order chi connectivity index (χ0) is 56.6. The number of amides is 3. The van der Waals surface area contributed by atoms with Crippen molar-refractivity contribution < 1.29 is 89.3 Å². The van der Waals surface area contributed by atoms with E-state index in [0.29, 0.717) is 39.1 Å². The summed E-state index contributed by atoms with van der Waals surface area (Å²) in [5.41, 5.74) is -1.70. The summed E-state index contributed by atoms with van der Waals surface area (Å²) in [5.74, 6) is -0.353. The van der Waals surface area contributed by atoms with Gasteiger partial charge in [-0.25, -0.2) is 27.6 Å². The molecule has 4 aliphatic rings. The fourth-order valence-electron chi connectivity index (χ4n) is 7.88. The van der Waals surface area contributed by atoms with Crippen LogP contribution in [0, 0.1) is 13.8 Å². The number of carbonyl (C=O) groups is 4. The third-order valence-electron chi connectivity index (χ3n) is 12.0. The maximum Gasteiger partial charge on any atom is 1.00 e. The minimum Gasteiger partial charge on any atom is -1.00 e. The monoisotopic (exact) mass is 1120 g/mol. The molecular formula is C53H87BClLiN3O15S2. The van der Waals surface area contributed by atoms with Crippen LogP contribution in [-0.4, -0.2) is 155 Å². The van der Waals surface area contributed by atoms with Gasteiger partial charge in [-0.05, 0) is 179 Å². The Morgan fingerprint density at radius 3 is 1.37 bits per heavy atom. The molecule has 427 valence electrons. The number of esters is 1. The van der Waals surface area contributed by atoms with Crippen molar-refractivity contribution in [1.29, 1.82) is 0 Å². The number of ether oxygens (including phenoxy) is 5. The van der Waals surface area contributed by atoms with Crippen molar-refractivity contribution in [3.8, 4) is 0 Å². The number of likely N-dealkylation sites (tertiary alicyclic amines) is 3. The molecule has 0 bridgehead atoms. The molecular weight excluding hydrogens is 1040 g/mol. The zero-order valence-electron chi connectivity index (χ0n) is 49.2. The van der Waals surface area contributed by atoms with E-state index in [9.17, 15) is 41.1 Å². The van der Waals surface area contributed by atoms with Crippen molar-refractivity contribution in [2.45, 2.75) is 198 Å². The summed E-state index contributed by atoms with van der Waals surface area (Å²) in [6.07, 6.45) is 5.95. The summed E-state index contributed by atoms with van der Waals surface area (Å²) in [5, 5.41) is 9.29. The van der Waals surface area contributed by atoms with Crippen molar-refractivity contribution in [2.75, 3.05) is 52.7 Å². The molecule has 0 spiro atoms. The Bertz CT molecular complexity index is 2360. The predicted molar refractivity (Wildman–Crippen MR) is 291 cm³/mol. The van der Waals surface area contributed by atoms with E-state index in [0.717, 1.165) is 50.0 Å². The standard InChI is InChI=1S/C18H27NO5S.C13H23NO4.C11H21NO3.C7H7ClO2S.C4H8O.B.Li.H/c1-14-7-9-15(10-8-14)25(21,22)23-13-18(5)11-6-12-19(18)16(20)24-17(2,3)4;1-6-17-10(15)13(5)8-7-9-14(13)11(16)18-12(2,3)4;1-10(2,3)15-9(14)12-7-5-6-11(12,4)8-13;1-6-2-4-7(5-3-6)11(8,9)10;1-2-4-5-3-1;;;/h7-10H,6,11-13H2,1-5H3;6-9H2,1-5H3;13H,5-8H2,1-4H3;2-5H,1H3;1-4H2;;;/q;;;;;;+1;-1/t18-;13-;11-;;;;;/m111...../s1. The molecule has 4 fully saturated rings. The van der Waals surface area contributed by atoms with Gasteiger partial charge in [0.1, 0.15) is 22.3 Å². The van der Waals surface area contributed by atoms with E-state index >= 15 is 0 Å². The number of halogens is 1. The molecule has 4 aliphatic heterocycles. The van der Waals surface area contributed by atoms with Crippen LogP contribution in [0.1, 0.15) is 154 Å². The molecule has 18 nitrogen and oxygen atoms in total. The van der Waals surface area contributed by atoms with E-state index in [1.165, 1.54) is 42.0 Å². The maximum absolute atomic E-state index is 12.4. The average molecular weight is 1120 g/mol. The van der Waals surface area contributed by atoms with Gasteiger partial charge in [0.05, 0.1) is 40.7 Å². The van der Waals surface area contributed by atoms with Crippen LogP contribution in [0.25, 0.3) is 0 Å². The molecule has 0 aliphatic carbocycles. The molecule has 1 N–H and O–H groups in total. The van der Waals surface area contributed by atoms with Gasteiger partial charge >= 0.3 is 43.1 Å². The number of hydrogen-bond acceptors (Lipinski definition) is 15. The van der Waals surface area contributed by atoms with E-state index in [1.54, 1.807) is 68.7 Å². The molecule has 6 rings (SSSR count). The fraction of sp³-hybridized carbons (Fsp3) is 0.698. The van der Waals surface area contributed by atoms with Gasteiger partial charge < -0.3 is 40.0 Å². The van der Waals surface area contributed by atoms with Gasteiger partial charge in [0, 0.05) is 51.9 Å². The Kier molecular flexibility index (Phi) is 29.3. The molecule has 76 heavy (non-hydrogen) atoms. The number of aliphatic hydroxyl groups excluding tert-OH is 1. The van der Waals surface area contributed by atoms with Crippen LogP contribution in [-0.2, 0) is 51.8 Å². The number of carbonyl (C=O) groups excluding carboxylic acids is 4. The third-order valence-corrected chi connectivity index (χ3v) is 14.6. The fourth-order valence-corrected chi connectivity index (χ4v) is 9.66. The summed E-state index contributed by atoms with van der Waals surface area (Å²) in [4.78, 5) is 53.2. The second-order valence-corrected chi connectivity index (χ2v) is 26.6. The SMILES string of the molecule is C1CCOC1.CC(C)(C)OC(=O)N1CCC[C@]1(C)CO.CCOC(=O)[C@@]1(C)CCCN1C(=O)OC(C)(C)C.Cc1ccc(S(=O)(=O)Cl)cc1.Cc1ccc(S(=O)(=O)OC[C@@]2(C)CCCN2C(=O)OC(C)(C)C)cc1.[B].[H-].[Li+]. The minimum absolute atomic E-state index is 0. The summed E-state index contributed by atoms with van der Waals surface area (Å²) in [7, 11) is -2.33. The Morgan fingerprint density at radius 1 is 0.632 bits per heavy atom. The van der Waals surface area contributed by atoms with Gasteiger partial charge in [0.2, 0.25) is 0 Å². The van der Waals surface area contributed by atoms with Gasteiger partial charge in [0.25, 0.3) is 19.2 Å². The smallest absolute Gasteiger partial charge is 1.00 e. The Labute approximate surface area is 474 Å². The molecule has 2 aromatic carbocycles. The van der Waals surface area contributed by atoms with E-state index < -0.39 is 64.8 Å². The Hall–Kier alpha value is -3.55. The quantitative estimate of drug-likeness (QED) is 0.0920. The molecule has 0 aromatic heterocycles. The normalized spacial score (nSPS) is 21.2. The van der Waals surface area contributed by atoms with Crippen LogP contribution in [0.2, 0.25) is 0 Å². The van der Waals surface area contributed by atoms with Crippen LogP contribution < -0.4 is 18.9 Å². The van der Waals surface area contributed by atoms with Crippen LogP contribution in [0.5, 0.6) is 0 Å². The summed E-state index contributed by atoms with van der Waals surface area (Å²) in [6.45, 7) is 31.3. The zero-order valence-corrected chi connectivity index (χ0v) is 50.6. The number of aliphatic hydroxyl groups is 1. The first-order valence-electron chi connectivity index (χ1n) is 25.3. The third kappa shape index (κ3) is 24.2.